The molecule has 5 nitrogen and oxygen atoms in total. The lowest BCUT2D eigenvalue weighted by atomic mass is 9.94. The molecule has 3 aliphatic heterocycles. The minimum Gasteiger partial charge on any atom is -0.370 e. The fourth-order valence-electron chi connectivity index (χ4n) is 5.37. The molecule has 4 aliphatic rings. The molecule has 1 aliphatic carbocycles. The van der Waals surface area contributed by atoms with E-state index in [2.05, 4.69) is 16.4 Å². The van der Waals surface area contributed by atoms with E-state index < -0.39 is 0 Å². The number of anilines is 1. The molecule has 7 heteroatoms. The predicted molar refractivity (Wildman–Crippen MR) is 100 cm³/mol. The third-order valence-electron chi connectivity index (χ3n) is 6.78. The Morgan fingerprint density at radius 3 is 2.73 bits per heavy atom. The van der Waals surface area contributed by atoms with Crippen molar-refractivity contribution in [2.24, 2.45) is 11.3 Å². The molecule has 0 radical (unpaired) electrons. The van der Waals surface area contributed by atoms with Crippen LogP contribution in [0.4, 0.5) is 5.69 Å². The zero-order valence-electron chi connectivity index (χ0n) is 14.3. The standard InChI is InChI=1S/C19H20Cl2N4O/c20-12-3-13(21)5-15(4-12)24-8-11-7-19(11,9-24)18(26)23-16-6-14-1-2-17(16)25(14)10-22/h3-5,11,14,16-17H,1-2,6-9H2,(H,23,26)/t11-,14+,16-,17-,19-/m1/s1. The summed E-state index contributed by atoms with van der Waals surface area (Å²) in [5.41, 5.74) is 0.700. The molecule has 1 amide bonds. The van der Waals surface area contributed by atoms with E-state index in [4.69, 9.17) is 23.2 Å². The number of nitriles is 1. The van der Waals surface area contributed by atoms with E-state index in [1.807, 2.05) is 17.0 Å². The lowest BCUT2D eigenvalue weighted by Crippen LogP contribution is -2.47. The third-order valence-corrected chi connectivity index (χ3v) is 7.22. The van der Waals surface area contributed by atoms with E-state index in [1.165, 1.54) is 0 Å². The van der Waals surface area contributed by atoms with Gasteiger partial charge in [0, 0.05) is 34.9 Å². The van der Waals surface area contributed by atoms with E-state index in [1.54, 1.807) is 6.07 Å². The SMILES string of the molecule is N#CN1[C@H]2CC[C@@H]1[C@H](NC(=O)[C@@]13C[C@@H]1CN(c1cc(Cl)cc(Cl)c1)C3)C2. The summed E-state index contributed by atoms with van der Waals surface area (Å²) >= 11 is 12.3. The van der Waals surface area contributed by atoms with Crippen LogP contribution in [0.15, 0.2) is 18.2 Å². The average molecular weight is 391 g/mol. The number of hydrogen-bond acceptors (Lipinski definition) is 4. The van der Waals surface area contributed by atoms with Gasteiger partial charge in [-0.25, -0.2) is 0 Å². The Labute approximate surface area is 162 Å². The molecule has 3 saturated heterocycles. The quantitative estimate of drug-likeness (QED) is 0.805. The summed E-state index contributed by atoms with van der Waals surface area (Å²) < 4.78 is 0. The van der Waals surface area contributed by atoms with Crippen LogP contribution in [-0.2, 0) is 4.79 Å². The molecule has 1 N–H and O–H groups in total. The second-order valence-corrected chi connectivity index (χ2v) is 9.06. The number of nitrogens with zero attached hydrogens (tertiary/aromatic N) is 3. The van der Waals surface area contributed by atoms with E-state index in [9.17, 15) is 10.1 Å². The highest BCUT2D eigenvalue weighted by molar-refractivity contribution is 6.35. The number of hydrogen-bond donors (Lipinski definition) is 1. The summed E-state index contributed by atoms with van der Waals surface area (Å²) in [7, 11) is 0. The average Bonchev–Trinajstić information content (AvgIpc) is 2.93. The highest BCUT2D eigenvalue weighted by atomic mass is 35.5. The summed E-state index contributed by atoms with van der Waals surface area (Å²) in [5, 5.41) is 13.8. The Morgan fingerprint density at radius 2 is 2.04 bits per heavy atom. The third kappa shape index (κ3) is 2.39. The van der Waals surface area contributed by atoms with Gasteiger partial charge in [-0.05, 0) is 49.8 Å². The molecule has 1 saturated carbocycles. The van der Waals surface area contributed by atoms with E-state index in [-0.39, 0.29) is 23.4 Å². The van der Waals surface area contributed by atoms with Crippen LogP contribution in [-0.4, -0.2) is 42.0 Å². The number of rotatable bonds is 3. The predicted octanol–water partition coefficient (Wildman–Crippen LogP) is 3.02. The maximum Gasteiger partial charge on any atom is 0.228 e. The van der Waals surface area contributed by atoms with Gasteiger partial charge >= 0.3 is 0 Å². The number of fused-ring (bicyclic) bond motifs is 3. The molecule has 4 fully saturated rings. The minimum atomic E-state index is -0.284. The first kappa shape index (κ1) is 16.5. The molecule has 1 aromatic rings. The zero-order valence-corrected chi connectivity index (χ0v) is 15.8. The number of carbonyl (C=O) groups is 1. The molecule has 0 unspecified atom stereocenters. The number of piperidine rings is 1. The van der Waals surface area contributed by atoms with Gasteiger partial charge in [-0.15, -0.1) is 0 Å². The van der Waals surface area contributed by atoms with Gasteiger partial charge in [0.15, 0.2) is 6.19 Å². The molecule has 136 valence electrons. The normalized spacial score (nSPS) is 36.8. The van der Waals surface area contributed by atoms with Gasteiger partial charge in [-0.1, -0.05) is 23.2 Å². The second-order valence-electron chi connectivity index (χ2n) is 8.19. The number of benzene rings is 1. The van der Waals surface area contributed by atoms with E-state index in [0.717, 1.165) is 37.9 Å². The molecule has 5 atom stereocenters. The van der Waals surface area contributed by atoms with Crippen molar-refractivity contribution in [3.05, 3.63) is 28.2 Å². The van der Waals surface area contributed by atoms with Crippen molar-refractivity contribution < 1.29 is 4.79 Å². The van der Waals surface area contributed by atoms with Crippen LogP contribution in [0.3, 0.4) is 0 Å². The maximum atomic E-state index is 13.1. The summed E-state index contributed by atoms with van der Waals surface area (Å²) in [6, 6.07) is 6.16. The lowest BCUT2D eigenvalue weighted by molar-refractivity contribution is -0.127. The fourth-order valence-corrected chi connectivity index (χ4v) is 5.88. The Morgan fingerprint density at radius 1 is 1.27 bits per heavy atom. The van der Waals surface area contributed by atoms with Crippen molar-refractivity contribution >= 4 is 34.8 Å². The topological polar surface area (TPSA) is 59.4 Å². The Hall–Kier alpha value is -1.64. The van der Waals surface area contributed by atoms with Crippen molar-refractivity contribution in [1.82, 2.24) is 10.2 Å². The van der Waals surface area contributed by atoms with Crippen molar-refractivity contribution in [2.75, 3.05) is 18.0 Å². The zero-order chi connectivity index (χ0) is 18.1. The first-order valence-electron chi connectivity index (χ1n) is 9.20. The first-order valence-corrected chi connectivity index (χ1v) is 9.96. The molecule has 1 aromatic carbocycles. The fraction of sp³-hybridized carbons (Fsp3) is 0.579. The molecular weight excluding hydrogens is 371 g/mol. The van der Waals surface area contributed by atoms with Gasteiger partial charge < -0.3 is 15.1 Å². The summed E-state index contributed by atoms with van der Waals surface area (Å²) in [6.45, 7) is 1.58. The minimum absolute atomic E-state index is 0.117. The van der Waals surface area contributed by atoms with Crippen molar-refractivity contribution in [3.63, 3.8) is 0 Å². The molecule has 26 heavy (non-hydrogen) atoms. The van der Waals surface area contributed by atoms with Gasteiger partial charge in [0.2, 0.25) is 5.91 Å². The molecular formula is C19H20Cl2N4O. The van der Waals surface area contributed by atoms with Crippen LogP contribution in [0.1, 0.15) is 25.7 Å². The van der Waals surface area contributed by atoms with Gasteiger partial charge in [-0.2, -0.15) is 5.26 Å². The van der Waals surface area contributed by atoms with Gasteiger partial charge in [0.1, 0.15) is 0 Å². The molecule has 0 spiro atoms. The van der Waals surface area contributed by atoms with Crippen LogP contribution in [0.2, 0.25) is 10.0 Å². The Bertz CT molecular complexity index is 804. The van der Waals surface area contributed by atoms with Gasteiger partial charge in [-0.3, -0.25) is 4.79 Å². The number of carbonyl (C=O) groups excluding carboxylic acids is 1. The van der Waals surface area contributed by atoms with Crippen molar-refractivity contribution in [3.8, 4) is 6.19 Å². The van der Waals surface area contributed by atoms with E-state index >= 15 is 0 Å². The Balaban J connectivity index is 1.28. The van der Waals surface area contributed by atoms with Crippen LogP contribution in [0, 0.1) is 22.8 Å². The van der Waals surface area contributed by atoms with E-state index in [0.29, 0.717) is 28.5 Å². The smallest absolute Gasteiger partial charge is 0.228 e. The number of amides is 1. The van der Waals surface area contributed by atoms with Crippen LogP contribution < -0.4 is 10.2 Å². The highest BCUT2D eigenvalue weighted by Crippen LogP contribution is 2.59. The Kier molecular flexibility index (Phi) is 3.61. The highest BCUT2D eigenvalue weighted by Gasteiger charge is 2.65. The summed E-state index contributed by atoms with van der Waals surface area (Å²) in [6.07, 6.45) is 6.24. The first-order chi connectivity index (χ1) is 12.5. The largest absolute Gasteiger partial charge is 0.370 e. The van der Waals surface area contributed by atoms with Crippen molar-refractivity contribution in [2.45, 2.75) is 43.8 Å². The lowest BCUT2D eigenvalue weighted by Gasteiger charge is -2.26. The summed E-state index contributed by atoms with van der Waals surface area (Å²) in [5.74, 6) is 0.555. The van der Waals surface area contributed by atoms with Crippen molar-refractivity contribution in [1.29, 1.82) is 5.26 Å². The van der Waals surface area contributed by atoms with Gasteiger partial charge in [0.05, 0.1) is 17.5 Å². The maximum absolute atomic E-state index is 13.1. The van der Waals surface area contributed by atoms with Crippen LogP contribution >= 0.6 is 23.2 Å². The van der Waals surface area contributed by atoms with Crippen LogP contribution in [0.25, 0.3) is 0 Å². The van der Waals surface area contributed by atoms with Gasteiger partial charge in [0.25, 0.3) is 0 Å². The molecule has 2 bridgehead atoms. The molecule has 5 rings (SSSR count). The summed E-state index contributed by atoms with van der Waals surface area (Å²) in [4.78, 5) is 17.2. The number of nitrogens with one attached hydrogen (secondary N) is 1. The second kappa shape index (κ2) is 5.68. The molecule has 3 heterocycles. The van der Waals surface area contributed by atoms with Crippen LogP contribution in [0.5, 0.6) is 0 Å². The monoisotopic (exact) mass is 390 g/mol. The number of halogens is 2. The molecule has 0 aromatic heterocycles.